The van der Waals surface area contributed by atoms with Crippen molar-refractivity contribution in [2.24, 2.45) is 0 Å². The van der Waals surface area contributed by atoms with Gasteiger partial charge >= 0.3 is 131 Å². The average molecular weight is 496 g/mol. The van der Waals surface area contributed by atoms with Crippen LogP contribution in [0.25, 0.3) is 0 Å². The molecule has 0 rings (SSSR count). The Balaban J connectivity index is 6.95. The van der Waals surface area contributed by atoms with Gasteiger partial charge in [-0.15, -0.1) is 0 Å². The number of halogens is 15. The number of hydrogen-bond acceptors (Lipinski definition) is 0. The van der Waals surface area contributed by atoms with Gasteiger partial charge in [0.05, 0.1) is 0 Å². The predicted octanol–water partition coefficient (Wildman–Crippen LogP) is 6.62. The van der Waals surface area contributed by atoms with Crippen LogP contribution in [0.3, 0.4) is 0 Å². The quantitative estimate of drug-likeness (QED) is 0.287. The zero-order valence-corrected chi connectivity index (χ0v) is 12.1. The van der Waals surface area contributed by atoms with Crippen LogP contribution in [-0.2, 0) is 16.0 Å². The first kappa shape index (κ1) is 23.8. The Labute approximate surface area is 132 Å². The third-order valence-corrected chi connectivity index (χ3v) is 6.01. The van der Waals surface area contributed by atoms with Crippen LogP contribution < -0.4 is 0 Å². The maximum atomic E-state index is 13.3. The zero-order chi connectivity index (χ0) is 20.5. The summed E-state index contributed by atoms with van der Waals surface area (Å²) in [5, 5.41) is 0. The molecule has 0 saturated heterocycles. The fraction of sp³-hybridized carbons (Fsp3) is 0.333. The second-order valence-electron chi connectivity index (χ2n) is 3.38. The van der Waals surface area contributed by atoms with Crippen molar-refractivity contribution < 1.29 is 81.8 Å². The van der Waals surface area contributed by atoms with E-state index in [4.69, 9.17) is 0 Å². The molecule has 0 aromatic carbocycles. The molecule has 16 heteroatoms. The van der Waals surface area contributed by atoms with Crippen molar-refractivity contribution in [2.75, 3.05) is 0 Å². The van der Waals surface area contributed by atoms with Crippen LogP contribution in [0.1, 0.15) is 0 Å². The molecule has 25 heavy (non-hydrogen) atoms. The molecule has 0 aromatic rings. The van der Waals surface area contributed by atoms with Gasteiger partial charge in [-0.25, -0.2) is 0 Å². The number of allylic oxidation sites excluding steroid dienone is 3. The third-order valence-electron chi connectivity index (χ3n) is 1.84. The second-order valence-corrected chi connectivity index (χ2v) is 7.70. The topological polar surface area (TPSA) is 0 Å². The van der Waals surface area contributed by atoms with E-state index in [-0.39, 0.29) is 0 Å². The van der Waals surface area contributed by atoms with Gasteiger partial charge in [-0.3, -0.25) is 0 Å². The van der Waals surface area contributed by atoms with Gasteiger partial charge in [-0.2, -0.15) is 0 Å². The summed E-state index contributed by atoms with van der Waals surface area (Å²) in [5.41, 5.74) is 0. The molecule has 0 amide bonds. The normalized spacial score (nSPS) is 13.3. The van der Waals surface area contributed by atoms with Crippen LogP contribution in [0, 0.1) is 0 Å². The predicted molar refractivity (Wildman–Crippen MR) is 45.9 cm³/mol. The first-order valence-corrected chi connectivity index (χ1v) is 7.29. The first-order chi connectivity index (χ1) is 10.9. The van der Waals surface area contributed by atoms with Crippen molar-refractivity contribution in [3.8, 4) is 0 Å². The summed E-state index contributed by atoms with van der Waals surface area (Å²) in [7, 11) is 0. The molecule has 0 radical (unpaired) electrons. The molecule has 0 unspecified atom stereocenters. The molecule has 0 aliphatic heterocycles. The van der Waals surface area contributed by atoms with E-state index in [0.29, 0.717) is 0 Å². The molecule has 0 atom stereocenters. The average Bonchev–Trinajstić information content (AvgIpc) is 2.42. The summed E-state index contributed by atoms with van der Waals surface area (Å²) in [6, 6.07) is 0. The second kappa shape index (κ2) is 7.58. The van der Waals surface area contributed by atoms with Crippen molar-refractivity contribution in [2.45, 2.75) is 13.6 Å². The van der Waals surface area contributed by atoms with Gasteiger partial charge in [-0.1, -0.05) is 0 Å². The van der Waals surface area contributed by atoms with E-state index in [1.807, 2.05) is 0 Å². The molecule has 0 N–H and O–H groups in total. The van der Waals surface area contributed by atoms with E-state index in [1.165, 1.54) is 0 Å². The molecule has 0 aliphatic rings. The molecular formula is C9F15Rh. The standard InChI is InChI=1S/3C3F5.Rh/c3*4-1(2(5)6)3(7)8;. The third kappa shape index (κ3) is 4.50. The number of rotatable bonds is 6. The van der Waals surface area contributed by atoms with E-state index >= 15 is 0 Å². The number of hydrogen-bond donors (Lipinski definition) is 0. The van der Waals surface area contributed by atoms with E-state index in [1.54, 1.807) is 0 Å². The molecule has 0 nitrogen and oxygen atoms in total. The fourth-order valence-electron chi connectivity index (χ4n) is 0.923. The van der Waals surface area contributed by atoms with Crippen molar-refractivity contribution >= 4 is 0 Å². The molecule has 0 saturated carbocycles. The Morgan fingerprint density at radius 2 is 0.560 bits per heavy atom. The Morgan fingerprint density at radius 3 is 0.680 bits per heavy atom. The van der Waals surface area contributed by atoms with E-state index < -0.39 is 65.2 Å². The maximum absolute atomic E-state index is 13.3. The molecular weight excluding hydrogens is 496 g/mol. The molecule has 0 bridgehead atoms. The number of alkyl halides is 6. The van der Waals surface area contributed by atoms with Gasteiger partial charge in [-0.05, 0) is 0 Å². The fourth-order valence-corrected chi connectivity index (χ4v) is 4.40. The van der Waals surface area contributed by atoms with E-state index in [9.17, 15) is 65.9 Å². The van der Waals surface area contributed by atoms with Gasteiger partial charge < -0.3 is 0 Å². The monoisotopic (exact) mass is 496 g/mol. The van der Waals surface area contributed by atoms with E-state index in [0.717, 1.165) is 0 Å². The Bertz CT molecular complexity index is 517. The van der Waals surface area contributed by atoms with Crippen molar-refractivity contribution in [1.29, 1.82) is 0 Å². The van der Waals surface area contributed by atoms with Gasteiger partial charge in [0.25, 0.3) is 0 Å². The van der Waals surface area contributed by atoms with Crippen molar-refractivity contribution in [3.05, 3.63) is 35.7 Å². The summed E-state index contributed by atoms with van der Waals surface area (Å²) in [6.07, 6.45) is -12.7. The molecule has 0 fully saturated rings. The van der Waals surface area contributed by atoms with E-state index in [2.05, 4.69) is 0 Å². The first-order valence-electron chi connectivity index (χ1n) is 4.83. The molecule has 0 aromatic heterocycles. The van der Waals surface area contributed by atoms with Crippen LogP contribution >= 0.6 is 0 Å². The molecule has 0 aliphatic carbocycles. The van der Waals surface area contributed by atoms with Crippen LogP contribution in [0.5, 0.6) is 0 Å². The molecule has 0 heterocycles. The minimum atomic E-state index is -7.82. The SMILES string of the molecule is FC(F)=C(F)[C](F)(F)[Rh]([C](F)(F)C(F)=C(F)F)[C](F)(F)C(F)=C(F)F. The van der Waals surface area contributed by atoms with Gasteiger partial charge in [0.1, 0.15) is 0 Å². The minimum absolute atomic E-state index is 4.22. The Hall–Kier alpha value is -1.21. The Kier molecular flexibility index (Phi) is 7.21. The summed E-state index contributed by atoms with van der Waals surface area (Å²) in [4.78, 5) is 0. The van der Waals surface area contributed by atoms with Crippen LogP contribution in [0.4, 0.5) is 65.9 Å². The summed E-state index contributed by atoms with van der Waals surface area (Å²) >= 11 is -7.82. The zero-order valence-electron chi connectivity index (χ0n) is 10.5. The van der Waals surface area contributed by atoms with Gasteiger partial charge in [0.2, 0.25) is 0 Å². The van der Waals surface area contributed by atoms with Crippen molar-refractivity contribution in [1.82, 2.24) is 0 Å². The Morgan fingerprint density at radius 1 is 0.400 bits per heavy atom. The summed E-state index contributed by atoms with van der Waals surface area (Å²) in [6.45, 7) is 0. The summed E-state index contributed by atoms with van der Waals surface area (Å²) in [5.74, 6) is -13.1. The van der Waals surface area contributed by atoms with Crippen LogP contribution in [-0.4, -0.2) is 13.6 Å². The van der Waals surface area contributed by atoms with Gasteiger partial charge in [0.15, 0.2) is 0 Å². The van der Waals surface area contributed by atoms with Crippen molar-refractivity contribution in [3.63, 3.8) is 0 Å². The van der Waals surface area contributed by atoms with Gasteiger partial charge in [0, 0.05) is 0 Å². The van der Waals surface area contributed by atoms with Crippen LogP contribution in [0.2, 0.25) is 0 Å². The summed E-state index contributed by atoms with van der Waals surface area (Å²) < 4.78 is 168. The van der Waals surface area contributed by atoms with Crippen LogP contribution in [0.15, 0.2) is 35.7 Å². The molecule has 0 spiro atoms. The molecule has 150 valence electrons.